The Kier molecular flexibility index (Phi) is 3.25. The number of rotatable bonds is 4. The number of likely N-dealkylation sites (tertiary alicyclic amines) is 1. The zero-order valence-corrected chi connectivity index (χ0v) is 10.6. The fourth-order valence-electron chi connectivity index (χ4n) is 2.42. The lowest BCUT2D eigenvalue weighted by Gasteiger charge is -2.15. The molecule has 1 aliphatic heterocycles. The van der Waals surface area contributed by atoms with Crippen LogP contribution in [0, 0.1) is 11.3 Å². The largest absolute Gasteiger partial charge is 0.299 e. The molecule has 0 spiro atoms. The van der Waals surface area contributed by atoms with E-state index < -0.39 is 0 Å². The molecule has 0 aliphatic carbocycles. The van der Waals surface area contributed by atoms with Gasteiger partial charge in [0.05, 0.1) is 36.7 Å². The van der Waals surface area contributed by atoms with Crippen LogP contribution in [0.1, 0.15) is 18.0 Å². The Morgan fingerprint density at radius 1 is 1.26 bits per heavy atom. The predicted molar refractivity (Wildman–Crippen MR) is 67.1 cm³/mol. The highest BCUT2D eigenvalue weighted by atomic mass is 15.5. The van der Waals surface area contributed by atoms with Gasteiger partial charge >= 0.3 is 0 Å². The van der Waals surface area contributed by atoms with Crippen LogP contribution < -0.4 is 0 Å². The Bertz CT molecular complexity index is 565. The van der Waals surface area contributed by atoms with Gasteiger partial charge < -0.3 is 0 Å². The van der Waals surface area contributed by atoms with Crippen LogP contribution in [0.25, 0.3) is 0 Å². The van der Waals surface area contributed by atoms with Crippen molar-refractivity contribution in [3.05, 3.63) is 30.4 Å². The molecule has 1 saturated heterocycles. The topological polar surface area (TPSA) is 75.6 Å². The Balaban J connectivity index is 1.54. The summed E-state index contributed by atoms with van der Waals surface area (Å²) >= 11 is 0. The summed E-state index contributed by atoms with van der Waals surface area (Å²) in [6, 6.07) is 2.48. The molecule has 1 fully saturated rings. The third kappa shape index (κ3) is 2.63. The van der Waals surface area contributed by atoms with Crippen molar-refractivity contribution in [3.63, 3.8) is 0 Å². The van der Waals surface area contributed by atoms with Crippen LogP contribution in [0.3, 0.4) is 0 Å². The first-order valence-corrected chi connectivity index (χ1v) is 6.36. The van der Waals surface area contributed by atoms with Gasteiger partial charge in [0.25, 0.3) is 0 Å². The third-order valence-electron chi connectivity index (χ3n) is 3.44. The molecule has 0 N–H and O–H groups in total. The molecule has 19 heavy (non-hydrogen) atoms. The van der Waals surface area contributed by atoms with E-state index in [0.717, 1.165) is 32.6 Å². The zero-order valence-electron chi connectivity index (χ0n) is 10.6. The Labute approximate surface area is 111 Å². The predicted octanol–water partition coefficient (Wildman–Crippen LogP) is 0.293. The number of hydrogen-bond acceptors (Lipinski definition) is 5. The van der Waals surface area contributed by atoms with Crippen LogP contribution in [-0.4, -0.2) is 49.3 Å². The molecule has 1 unspecified atom stereocenters. The van der Waals surface area contributed by atoms with Crippen LogP contribution >= 0.6 is 0 Å². The second-order valence-electron chi connectivity index (χ2n) is 4.69. The lowest BCUT2D eigenvalue weighted by atomic mass is 10.3. The van der Waals surface area contributed by atoms with E-state index in [9.17, 15) is 0 Å². The Morgan fingerprint density at radius 3 is 2.84 bits per heavy atom. The number of hydrogen-bond donors (Lipinski definition) is 0. The molecule has 0 bridgehead atoms. The molecule has 2 aromatic rings. The first-order valence-electron chi connectivity index (χ1n) is 6.36. The van der Waals surface area contributed by atoms with Crippen molar-refractivity contribution in [3.8, 4) is 6.07 Å². The molecular formula is C12H15N7. The van der Waals surface area contributed by atoms with Gasteiger partial charge in [-0.15, -0.1) is 0 Å². The van der Waals surface area contributed by atoms with E-state index in [1.807, 2.05) is 10.9 Å². The maximum atomic E-state index is 8.81. The summed E-state index contributed by atoms with van der Waals surface area (Å²) in [6.45, 7) is 3.77. The monoisotopic (exact) mass is 257 g/mol. The lowest BCUT2D eigenvalue weighted by Crippen LogP contribution is -2.26. The number of nitriles is 1. The van der Waals surface area contributed by atoms with Crippen molar-refractivity contribution < 1.29 is 0 Å². The summed E-state index contributed by atoms with van der Waals surface area (Å²) in [7, 11) is 0. The zero-order chi connectivity index (χ0) is 13.1. The van der Waals surface area contributed by atoms with E-state index in [1.165, 1.54) is 0 Å². The smallest absolute Gasteiger partial charge is 0.102 e. The minimum Gasteiger partial charge on any atom is -0.299 e. The first kappa shape index (κ1) is 11.9. The van der Waals surface area contributed by atoms with Gasteiger partial charge in [-0.3, -0.25) is 9.58 Å². The third-order valence-corrected chi connectivity index (χ3v) is 3.44. The summed E-state index contributed by atoms with van der Waals surface area (Å²) in [5.41, 5.74) is 0.624. The van der Waals surface area contributed by atoms with Crippen LogP contribution in [0.4, 0.5) is 0 Å². The number of nitrogens with zero attached hydrogens (tertiary/aromatic N) is 7. The summed E-state index contributed by atoms with van der Waals surface area (Å²) < 4.78 is 1.91. The summed E-state index contributed by atoms with van der Waals surface area (Å²) in [4.78, 5) is 4.08. The molecule has 98 valence electrons. The fraction of sp³-hybridized carbons (Fsp3) is 0.500. The standard InChI is InChI=1S/C12H15N7/c13-7-11-8-16-18(9-11)12-1-4-17(10-12)5-6-19-14-2-3-15-19/h2-3,8-9,12H,1,4-6,10H2. The molecule has 2 aromatic heterocycles. The second kappa shape index (κ2) is 5.20. The molecule has 0 radical (unpaired) electrons. The van der Waals surface area contributed by atoms with Crippen molar-refractivity contribution in [2.45, 2.75) is 19.0 Å². The van der Waals surface area contributed by atoms with Crippen LogP contribution in [0.15, 0.2) is 24.8 Å². The number of aromatic nitrogens is 5. The molecule has 0 aromatic carbocycles. The summed E-state index contributed by atoms with van der Waals surface area (Å²) in [5, 5.41) is 21.2. The molecule has 3 heterocycles. The first-order chi connectivity index (χ1) is 9.35. The van der Waals surface area contributed by atoms with E-state index in [2.05, 4.69) is 26.3 Å². The maximum Gasteiger partial charge on any atom is 0.102 e. The normalized spacial score (nSPS) is 19.6. The quantitative estimate of drug-likeness (QED) is 0.787. The van der Waals surface area contributed by atoms with Crippen LogP contribution in [-0.2, 0) is 6.54 Å². The summed E-state index contributed by atoms with van der Waals surface area (Å²) in [5.74, 6) is 0. The average Bonchev–Trinajstić information content (AvgIpc) is 3.16. The van der Waals surface area contributed by atoms with Gasteiger partial charge in [-0.1, -0.05) is 0 Å². The molecular weight excluding hydrogens is 242 g/mol. The van der Waals surface area contributed by atoms with E-state index in [4.69, 9.17) is 5.26 Å². The van der Waals surface area contributed by atoms with Crippen LogP contribution in [0.2, 0.25) is 0 Å². The molecule has 7 nitrogen and oxygen atoms in total. The van der Waals surface area contributed by atoms with Crippen molar-refractivity contribution in [2.24, 2.45) is 0 Å². The van der Waals surface area contributed by atoms with Crippen molar-refractivity contribution in [2.75, 3.05) is 19.6 Å². The molecule has 0 saturated carbocycles. The van der Waals surface area contributed by atoms with Gasteiger partial charge in [-0.2, -0.15) is 25.4 Å². The van der Waals surface area contributed by atoms with Gasteiger partial charge in [0.2, 0.25) is 0 Å². The van der Waals surface area contributed by atoms with Gasteiger partial charge in [0.15, 0.2) is 0 Å². The fourth-order valence-corrected chi connectivity index (χ4v) is 2.42. The maximum absolute atomic E-state index is 8.81. The van der Waals surface area contributed by atoms with Crippen molar-refractivity contribution in [1.29, 1.82) is 5.26 Å². The van der Waals surface area contributed by atoms with Crippen LogP contribution in [0.5, 0.6) is 0 Å². The SMILES string of the molecule is N#Cc1cnn(C2CCN(CCn3nccn3)C2)c1. The molecule has 7 heteroatoms. The highest BCUT2D eigenvalue weighted by molar-refractivity contribution is 5.22. The highest BCUT2D eigenvalue weighted by Crippen LogP contribution is 2.20. The molecule has 3 rings (SSSR count). The van der Waals surface area contributed by atoms with Crippen molar-refractivity contribution in [1.82, 2.24) is 29.7 Å². The van der Waals surface area contributed by atoms with Crippen molar-refractivity contribution >= 4 is 0 Å². The highest BCUT2D eigenvalue weighted by Gasteiger charge is 2.24. The van der Waals surface area contributed by atoms with Gasteiger partial charge in [-0.05, 0) is 6.42 Å². The van der Waals surface area contributed by atoms with E-state index in [1.54, 1.807) is 23.4 Å². The average molecular weight is 257 g/mol. The van der Waals surface area contributed by atoms with E-state index in [0.29, 0.717) is 11.6 Å². The molecule has 1 atom stereocenters. The molecule has 1 aliphatic rings. The van der Waals surface area contributed by atoms with Gasteiger partial charge in [0.1, 0.15) is 6.07 Å². The van der Waals surface area contributed by atoms with E-state index in [-0.39, 0.29) is 0 Å². The van der Waals surface area contributed by atoms with Gasteiger partial charge in [-0.25, -0.2) is 0 Å². The molecule has 0 amide bonds. The second-order valence-corrected chi connectivity index (χ2v) is 4.69. The summed E-state index contributed by atoms with van der Waals surface area (Å²) in [6.07, 6.45) is 7.90. The van der Waals surface area contributed by atoms with Gasteiger partial charge in [0, 0.05) is 25.8 Å². The Hall–Kier alpha value is -2.20. The minimum atomic E-state index is 0.368. The van der Waals surface area contributed by atoms with E-state index >= 15 is 0 Å². The minimum absolute atomic E-state index is 0.368. The lowest BCUT2D eigenvalue weighted by molar-refractivity contribution is 0.292. The Morgan fingerprint density at radius 2 is 2.11 bits per heavy atom.